The summed E-state index contributed by atoms with van der Waals surface area (Å²) in [5.74, 6) is 2.14. The zero-order valence-corrected chi connectivity index (χ0v) is 23.4. The van der Waals surface area contributed by atoms with E-state index in [2.05, 4.69) is 95.7 Å². The highest BCUT2D eigenvalue weighted by atomic mass is 127. The van der Waals surface area contributed by atoms with Gasteiger partial charge in [0.1, 0.15) is 17.5 Å². The van der Waals surface area contributed by atoms with Crippen LogP contribution in [-0.2, 0) is 16.0 Å². The van der Waals surface area contributed by atoms with E-state index < -0.39 is 0 Å². The van der Waals surface area contributed by atoms with Crippen molar-refractivity contribution in [1.82, 2.24) is 5.32 Å². The van der Waals surface area contributed by atoms with E-state index in [1.807, 2.05) is 24.3 Å². The van der Waals surface area contributed by atoms with Gasteiger partial charge in [-0.2, -0.15) is 0 Å². The van der Waals surface area contributed by atoms with Crippen molar-refractivity contribution in [2.24, 2.45) is 0 Å². The molecule has 0 amide bonds. The third kappa shape index (κ3) is 6.18. The second kappa shape index (κ2) is 11.0. The minimum Gasteiger partial charge on any atom is -0.495 e. The Kier molecular flexibility index (Phi) is 9.61. The molecule has 0 aliphatic carbocycles. The van der Waals surface area contributed by atoms with Crippen LogP contribution in [0.1, 0.15) is 5.56 Å². The van der Waals surface area contributed by atoms with Crippen molar-refractivity contribution in [3.05, 3.63) is 44.1 Å². The van der Waals surface area contributed by atoms with Gasteiger partial charge in [-0.25, -0.2) is 0 Å². The summed E-state index contributed by atoms with van der Waals surface area (Å²) in [4.78, 5) is 11.8. The molecular formula is C18H17I4NO4. The Balaban J connectivity index is 2.28. The normalized spacial score (nSPS) is 11.8. The highest BCUT2D eigenvalue weighted by Crippen LogP contribution is 2.37. The Hall–Kier alpha value is 0.390. The van der Waals surface area contributed by atoms with Crippen molar-refractivity contribution in [3.63, 3.8) is 0 Å². The summed E-state index contributed by atoms with van der Waals surface area (Å²) in [7, 11) is 4.81. The number of nitrogens with one attached hydrogen (secondary N) is 1. The van der Waals surface area contributed by atoms with Crippen LogP contribution < -0.4 is 14.8 Å². The summed E-state index contributed by atoms with van der Waals surface area (Å²) < 4.78 is 20.4. The van der Waals surface area contributed by atoms with Gasteiger partial charge in [-0.3, -0.25) is 4.79 Å². The lowest BCUT2D eigenvalue weighted by atomic mass is 10.1. The number of hydrogen-bond donors (Lipinski definition) is 1. The van der Waals surface area contributed by atoms with Gasteiger partial charge in [0.2, 0.25) is 0 Å². The minimum atomic E-state index is -0.377. The molecule has 9 heteroatoms. The molecule has 0 radical (unpaired) electrons. The Morgan fingerprint density at radius 2 is 1.48 bits per heavy atom. The quantitative estimate of drug-likeness (QED) is 0.308. The van der Waals surface area contributed by atoms with Crippen LogP contribution in [0.4, 0.5) is 0 Å². The third-order valence-electron chi connectivity index (χ3n) is 3.73. The molecule has 2 aromatic rings. The summed E-state index contributed by atoms with van der Waals surface area (Å²) in [5.41, 5.74) is 1.04. The number of halogens is 4. The Bertz CT molecular complexity index is 798. The molecule has 0 spiro atoms. The Labute approximate surface area is 213 Å². The molecule has 5 nitrogen and oxygen atoms in total. The van der Waals surface area contributed by atoms with Crippen molar-refractivity contribution < 1.29 is 19.0 Å². The average Bonchev–Trinajstić information content (AvgIpc) is 2.62. The van der Waals surface area contributed by atoms with E-state index in [0.29, 0.717) is 6.42 Å². The topological polar surface area (TPSA) is 56.8 Å². The number of methoxy groups -OCH3 is 2. The second-order valence-electron chi connectivity index (χ2n) is 5.48. The summed E-state index contributed by atoms with van der Waals surface area (Å²) in [6, 6.07) is 7.60. The highest BCUT2D eigenvalue weighted by molar-refractivity contribution is 14.1. The van der Waals surface area contributed by atoms with Crippen LogP contribution in [0.15, 0.2) is 24.3 Å². The molecule has 0 aromatic heterocycles. The number of ether oxygens (including phenoxy) is 3. The SMILES string of the molecule is CNC(Cc1cc(I)c(Oc2cc(I)c(OC)c(I)c2)c(I)c1)C(=O)OC. The van der Waals surface area contributed by atoms with E-state index in [9.17, 15) is 4.79 Å². The molecule has 1 N–H and O–H groups in total. The number of carbonyl (C=O) groups excluding carboxylic acids is 1. The first-order chi connectivity index (χ1) is 12.8. The summed E-state index contributed by atoms with van der Waals surface area (Å²) in [5, 5.41) is 2.99. The van der Waals surface area contributed by atoms with E-state index >= 15 is 0 Å². The molecule has 0 saturated heterocycles. The van der Waals surface area contributed by atoms with Gasteiger partial charge in [0.05, 0.1) is 28.5 Å². The largest absolute Gasteiger partial charge is 0.495 e. The smallest absolute Gasteiger partial charge is 0.323 e. The molecule has 0 fully saturated rings. The van der Waals surface area contributed by atoms with Crippen molar-refractivity contribution in [2.45, 2.75) is 12.5 Å². The molecule has 0 heterocycles. The van der Waals surface area contributed by atoms with Crippen LogP contribution in [-0.4, -0.2) is 33.3 Å². The van der Waals surface area contributed by atoms with Gasteiger partial charge in [-0.1, -0.05) is 0 Å². The van der Waals surface area contributed by atoms with Crippen molar-refractivity contribution in [1.29, 1.82) is 0 Å². The number of hydrogen-bond acceptors (Lipinski definition) is 5. The van der Waals surface area contributed by atoms with Gasteiger partial charge in [0.25, 0.3) is 0 Å². The summed E-state index contributed by atoms with van der Waals surface area (Å²) in [6.07, 6.45) is 0.549. The Morgan fingerprint density at radius 1 is 0.963 bits per heavy atom. The van der Waals surface area contributed by atoms with Gasteiger partial charge in [0, 0.05) is 0 Å². The molecule has 146 valence electrons. The van der Waals surface area contributed by atoms with Crippen LogP contribution >= 0.6 is 90.4 Å². The van der Waals surface area contributed by atoms with Crippen LogP contribution in [0.5, 0.6) is 17.2 Å². The lowest BCUT2D eigenvalue weighted by Crippen LogP contribution is -2.36. The first-order valence-electron chi connectivity index (χ1n) is 7.74. The predicted molar refractivity (Wildman–Crippen MR) is 139 cm³/mol. The molecule has 2 aromatic carbocycles. The lowest BCUT2D eigenvalue weighted by Gasteiger charge is -2.16. The van der Waals surface area contributed by atoms with Crippen molar-refractivity contribution in [2.75, 3.05) is 21.3 Å². The van der Waals surface area contributed by atoms with Gasteiger partial charge in [0.15, 0.2) is 5.75 Å². The molecule has 0 aliphatic rings. The number of esters is 1. The van der Waals surface area contributed by atoms with E-state index in [0.717, 1.165) is 37.1 Å². The van der Waals surface area contributed by atoms with Gasteiger partial charge < -0.3 is 19.5 Å². The fourth-order valence-electron chi connectivity index (χ4n) is 2.42. The second-order valence-corrected chi connectivity index (χ2v) is 10.1. The van der Waals surface area contributed by atoms with Gasteiger partial charge in [-0.05, 0) is 134 Å². The molecular weight excluding hydrogens is 802 g/mol. The van der Waals surface area contributed by atoms with Crippen molar-refractivity contribution >= 4 is 96.3 Å². The number of benzene rings is 2. The molecule has 2 rings (SSSR count). The molecule has 1 atom stereocenters. The van der Waals surface area contributed by atoms with Gasteiger partial charge in [-0.15, -0.1) is 0 Å². The fraction of sp³-hybridized carbons (Fsp3) is 0.278. The van der Waals surface area contributed by atoms with Crippen LogP contribution in [0.2, 0.25) is 0 Å². The fourth-order valence-corrected chi connectivity index (χ4v) is 6.69. The first kappa shape index (κ1) is 23.7. The zero-order valence-electron chi connectivity index (χ0n) is 14.7. The summed E-state index contributed by atoms with van der Waals surface area (Å²) in [6.45, 7) is 0. The Morgan fingerprint density at radius 3 is 1.93 bits per heavy atom. The van der Waals surface area contributed by atoms with Crippen LogP contribution in [0.25, 0.3) is 0 Å². The average molecular weight is 819 g/mol. The van der Waals surface area contributed by atoms with Crippen molar-refractivity contribution in [3.8, 4) is 17.2 Å². The van der Waals surface area contributed by atoms with E-state index in [-0.39, 0.29) is 12.0 Å². The molecule has 0 saturated carbocycles. The molecule has 27 heavy (non-hydrogen) atoms. The summed E-state index contributed by atoms with van der Waals surface area (Å²) >= 11 is 9.00. The predicted octanol–water partition coefficient (Wildman–Crippen LogP) is 5.21. The third-order valence-corrected chi connectivity index (χ3v) is 6.93. The number of rotatable bonds is 7. The highest BCUT2D eigenvalue weighted by Gasteiger charge is 2.19. The standard InChI is InChI=1S/C18H17I4NO4/c1-23-15(18(24)26-3)6-9-4-11(19)17(12(20)5-9)27-10-7-13(21)16(25-2)14(22)8-10/h4-5,7-8,15,23H,6H2,1-3H3. The first-order valence-corrected chi connectivity index (χ1v) is 12.1. The monoisotopic (exact) mass is 819 g/mol. The maximum absolute atomic E-state index is 11.8. The van der Waals surface area contributed by atoms with E-state index in [1.165, 1.54) is 7.11 Å². The van der Waals surface area contributed by atoms with E-state index in [4.69, 9.17) is 14.2 Å². The minimum absolute atomic E-state index is 0.273. The zero-order chi connectivity index (χ0) is 20.1. The van der Waals surface area contributed by atoms with Crippen LogP contribution in [0.3, 0.4) is 0 Å². The number of carbonyl (C=O) groups is 1. The van der Waals surface area contributed by atoms with E-state index in [1.54, 1.807) is 14.2 Å². The molecule has 0 bridgehead atoms. The molecule has 1 unspecified atom stereocenters. The van der Waals surface area contributed by atoms with Crippen LogP contribution in [0, 0.1) is 14.3 Å². The maximum Gasteiger partial charge on any atom is 0.323 e. The van der Waals surface area contributed by atoms with Gasteiger partial charge >= 0.3 is 5.97 Å². The maximum atomic E-state index is 11.8. The number of likely N-dealkylation sites (N-methyl/N-ethyl adjacent to an activating group) is 1. The molecule has 0 aliphatic heterocycles. The lowest BCUT2D eigenvalue weighted by molar-refractivity contribution is -0.142.